The van der Waals surface area contributed by atoms with E-state index in [1.165, 1.54) is 0 Å². The highest BCUT2D eigenvalue weighted by molar-refractivity contribution is 5.68. The van der Waals surface area contributed by atoms with Crippen molar-refractivity contribution < 1.29 is 14.6 Å². The maximum absolute atomic E-state index is 10.2. The molecule has 0 radical (unpaired) electrons. The number of aromatic nitrogens is 2. The highest BCUT2D eigenvalue weighted by Gasteiger charge is 2.07. The maximum Gasteiger partial charge on any atom is 0.329 e. The summed E-state index contributed by atoms with van der Waals surface area (Å²) in [6.45, 7) is 4.10. The number of carboxylic acid groups (broad SMARTS) is 1. The van der Waals surface area contributed by atoms with E-state index in [0.717, 1.165) is 5.82 Å². The summed E-state index contributed by atoms with van der Waals surface area (Å²) < 4.78 is 7.01. The quantitative estimate of drug-likeness (QED) is 0.755. The molecule has 14 heavy (non-hydrogen) atoms. The van der Waals surface area contributed by atoms with Crippen molar-refractivity contribution in [3.63, 3.8) is 0 Å². The zero-order valence-electron chi connectivity index (χ0n) is 8.30. The lowest BCUT2D eigenvalue weighted by molar-refractivity contribution is -0.144. The van der Waals surface area contributed by atoms with Crippen molar-refractivity contribution in [1.82, 2.24) is 9.55 Å². The van der Waals surface area contributed by atoms with Gasteiger partial charge in [0.1, 0.15) is 12.4 Å². The molecule has 0 aliphatic heterocycles. The van der Waals surface area contributed by atoms with Crippen LogP contribution in [0.3, 0.4) is 0 Å². The fourth-order valence-electron chi connectivity index (χ4n) is 1.14. The van der Waals surface area contributed by atoms with E-state index in [0.29, 0.717) is 6.54 Å². The van der Waals surface area contributed by atoms with Gasteiger partial charge >= 0.3 is 5.97 Å². The van der Waals surface area contributed by atoms with Gasteiger partial charge in [0.15, 0.2) is 0 Å². The van der Waals surface area contributed by atoms with E-state index in [4.69, 9.17) is 9.84 Å². The van der Waals surface area contributed by atoms with Crippen LogP contribution in [-0.2, 0) is 16.1 Å². The number of carboxylic acids is 1. The molecule has 5 heteroatoms. The summed E-state index contributed by atoms with van der Waals surface area (Å²) in [7, 11) is 0. The first-order valence-electron chi connectivity index (χ1n) is 4.40. The van der Waals surface area contributed by atoms with Gasteiger partial charge in [-0.3, -0.25) is 0 Å². The molecule has 0 aliphatic rings. The van der Waals surface area contributed by atoms with Crippen molar-refractivity contribution in [2.24, 2.45) is 0 Å². The minimum Gasteiger partial charge on any atom is -0.480 e. The highest BCUT2D eigenvalue weighted by atomic mass is 16.5. The zero-order chi connectivity index (χ0) is 10.6. The number of rotatable bonds is 5. The number of carbonyl (C=O) groups is 1. The Morgan fingerprint density at radius 1 is 1.79 bits per heavy atom. The van der Waals surface area contributed by atoms with Gasteiger partial charge in [0.2, 0.25) is 0 Å². The van der Waals surface area contributed by atoms with Gasteiger partial charge < -0.3 is 14.4 Å². The average molecular weight is 198 g/mol. The van der Waals surface area contributed by atoms with Gasteiger partial charge in [-0.25, -0.2) is 9.78 Å². The Hall–Kier alpha value is -1.36. The number of hydrogen-bond donors (Lipinski definition) is 1. The smallest absolute Gasteiger partial charge is 0.329 e. The molecule has 0 bridgehead atoms. The summed E-state index contributed by atoms with van der Waals surface area (Å²) in [6, 6.07) is 0. The van der Waals surface area contributed by atoms with Crippen LogP contribution in [0.2, 0.25) is 0 Å². The monoisotopic (exact) mass is 198 g/mol. The lowest BCUT2D eigenvalue weighted by Crippen LogP contribution is -2.20. The van der Waals surface area contributed by atoms with Gasteiger partial charge in [-0.05, 0) is 13.8 Å². The van der Waals surface area contributed by atoms with Crippen LogP contribution in [0.15, 0.2) is 12.4 Å². The molecule has 0 fully saturated rings. The molecule has 1 aromatic heterocycles. The molecule has 0 saturated carbocycles. The van der Waals surface area contributed by atoms with Crippen molar-refractivity contribution in [3.05, 3.63) is 18.2 Å². The molecule has 0 saturated heterocycles. The van der Waals surface area contributed by atoms with Crippen LogP contribution in [0.25, 0.3) is 0 Å². The highest BCUT2D eigenvalue weighted by Crippen LogP contribution is 2.00. The second kappa shape index (κ2) is 4.76. The second-order valence-corrected chi connectivity index (χ2v) is 3.14. The SMILES string of the molecule is Cc1nccn1CC(C)OCC(=O)O. The van der Waals surface area contributed by atoms with E-state index >= 15 is 0 Å². The summed E-state index contributed by atoms with van der Waals surface area (Å²) in [5, 5.41) is 8.40. The van der Waals surface area contributed by atoms with Gasteiger partial charge in [-0.1, -0.05) is 0 Å². The van der Waals surface area contributed by atoms with Gasteiger partial charge in [0.05, 0.1) is 6.10 Å². The van der Waals surface area contributed by atoms with Crippen LogP contribution in [-0.4, -0.2) is 33.3 Å². The summed E-state index contributed by atoms with van der Waals surface area (Å²) in [6.07, 6.45) is 3.42. The third kappa shape index (κ3) is 3.18. The molecule has 1 aromatic rings. The summed E-state index contributed by atoms with van der Waals surface area (Å²) >= 11 is 0. The van der Waals surface area contributed by atoms with Crippen LogP contribution in [0.1, 0.15) is 12.7 Å². The van der Waals surface area contributed by atoms with Crippen LogP contribution in [0.4, 0.5) is 0 Å². The Labute approximate surface area is 82.3 Å². The molecular weight excluding hydrogens is 184 g/mol. The van der Waals surface area contributed by atoms with Crippen LogP contribution in [0.5, 0.6) is 0 Å². The lowest BCUT2D eigenvalue weighted by Gasteiger charge is -2.12. The first kappa shape index (κ1) is 10.7. The molecule has 0 aromatic carbocycles. The summed E-state index contributed by atoms with van der Waals surface area (Å²) in [5.74, 6) is -0.0463. The number of hydrogen-bond acceptors (Lipinski definition) is 3. The Morgan fingerprint density at radius 3 is 3.00 bits per heavy atom. The third-order valence-electron chi connectivity index (χ3n) is 1.87. The van der Waals surface area contributed by atoms with E-state index in [-0.39, 0.29) is 12.7 Å². The van der Waals surface area contributed by atoms with E-state index in [1.54, 1.807) is 6.20 Å². The molecule has 1 heterocycles. The topological polar surface area (TPSA) is 64.4 Å². The van der Waals surface area contributed by atoms with E-state index in [2.05, 4.69) is 4.98 Å². The molecule has 78 valence electrons. The summed E-state index contributed by atoms with van der Waals surface area (Å²) in [5.41, 5.74) is 0. The largest absolute Gasteiger partial charge is 0.480 e. The first-order valence-corrected chi connectivity index (χ1v) is 4.40. The Kier molecular flexibility index (Phi) is 3.64. The van der Waals surface area contributed by atoms with Crippen molar-refractivity contribution >= 4 is 5.97 Å². The van der Waals surface area contributed by atoms with Crippen molar-refractivity contribution in [3.8, 4) is 0 Å². The standard InChI is InChI=1S/C9H14N2O3/c1-7(14-6-9(12)13)5-11-4-3-10-8(11)2/h3-4,7H,5-6H2,1-2H3,(H,12,13). The molecule has 0 amide bonds. The Balaban J connectivity index is 2.37. The third-order valence-corrected chi connectivity index (χ3v) is 1.87. The molecule has 0 aliphatic carbocycles. The Morgan fingerprint density at radius 2 is 2.50 bits per heavy atom. The fourth-order valence-corrected chi connectivity index (χ4v) is 1.14. The molecule has 1 atom stereocenters. The number of imidazole rings is 1. The number of aliphatic carboxylic acids is 1. The predicted molar refractivity (Wildman–Crippen MR) is 50.0 cm³/mol. The molecule has 5 nitrogen and oxygen atoms in total. The normalized spacial score (nSPS) is 12.7. The number of aryl methyl sites for hydroxylation is 1. The lowest BCUT2D eigenvalue weighted by atomic mass is 10.4. The minimum atomic E-state index is -0.945. The van der Waals surface area contributed by atoms with E-state index < -0.39 is 5.97 Å². The molecule has 1 N–H and O–H groups in total. The van der Waals surface area contributed by atoms with Gasteiger partial charge in [-0.2, -0.15) is 0 Å². The molecule has 1 rings (SSSR count). The van der Waals surface area contributed by atoms with Crippen LogP contribution in [0, 0.1) is 6.92 Å². The van der Waals surface area contributed by atoms with Gasteiger partial charge in [-0.15, -0.1) is 0 Å². The molecule has 1 unspecified atom stereocenters. The zero-order valence-corrected chi connectivity index (χ0v) is 8.30. The second-order valence-electron chi connectivity index (χ2n) is 3.14. The van der Waals surface area contributed by atoms with Crippen molar-refractivity contribution in [2.45, 2.75) is 26.5 Å². The molecular formula is C9H14N2O3. The number of ether oxygens (including phenoxy) is 1. The van der Waals surface area contributed by atoms with Gasteiger partial charge in [0.25, 0.3) is 0 Å². The maximum atomic E-state index is 10.2. The number of nitrogens with zero attached hydrogens (tertiary/aromatic N) is 2. The van der Waals surface area contributed by atoms with Crippen molar-refractivity contribution in [2.75, 3.05) is 6.61 Å². The summed E-state index contributed by atoms with van der Waals surface area (Å²) in [4.78, 5) is 14.3. The van der Waals surface area contributed by atoms with Gasteiger partial charge in [0, 0.05) is 18.9 Å². The van der Waals surface area contributed by atoms with Crippen LogP contribution < -0.4 is 0 Å². The van der Waals surface area contributed by atoms with Crippen LogP contribution >= 0.6 is 0 Å². The van der Waals surface area contributed by atoms with E-state index in [9.17, 15) is 4.79 Å². The predicted octanol–water partition coefficient (Wildman–Crippen LogP) is 0.681. The fraction of sp³-hybridized carbons (Fsp3) is 0.556. The first-order chi connectivity index (χ1) is 6.59. The van der Waals surface area contributed by atoms with Crippen molar-refractivity contribution in [1.29, 1.82) is 0 Å². The van der Waals surface area contributed by atoms with E-state index in [1.807, 2.05) is 24.6 Å². The minimum absolute atomic E-state index is 0.126. The average Bonchev–Trinajstić information content (AvgIpc) is 2.49. The molecule has 0 spiro atoms. The Bertz CT molecular complexity index is 309.